The quantitative estimate of drug-likeness (QED) is 0.127. The summed E-state index contributed by atoms with van der Waals surface area (Å²) in [6.07, 6.45) is 18.8. The van der Waals surface area contributed by atoms with Gasteiger partial charge in [0.2, 0.25) is 28.5 Å². The lowest BCUT2D eigenvalue weighted by Crippen LogP contribution is -2.35. The molecule has 10 aromatic carbocycles. The largest absolute Gasteiger partial charge is 0.264 e. The predicted molar refractivity (Wildman–Crippen MR) is 531 cm³/mol. The molecule has 10 nitrogen and oxygen atoms in total. The first-order chi connectivity index (χ1) is 61.9. The summed E-state index contributed by atoms with van der Waals surface area (Å²) in [6, 6.07) is 102. The maximum atomic E-state index is 4.35. The van der Waals surface area contributed by atoms with Crippen molar-refractivity contribution in [3.05, 3.63) is 420 Å². The lowest BCUT2D eigenvalue weighted by atomic mass is 9.93. The molecule has 10 aromatic heterocycles. The predicted octanol–water partition coefficient (Wildman–Crippen LogP) is 26.0. The number of pyridine rings is 10. The maximum absolute atomic E-state index is 4.35. The van der Waals surface area contributed by atoms with Crippen LogP contribution in [0, 0.1) is 90.0 Å². The van der Waals surface area contributed by atoms with Crippen molar-refractivity contribution < 1.29 is 22.8 Å². The molecule has 0 radical (unpaired) electrons. The monoisotopic (exact) mass is 1670 g/mol. The molecule has 0 aliphatic heterocycles. The average molecular weight is 1670 g/mol. The summed E-state index contributed by atoms with van der Waals surface area (Å²) in [4.78, 5) is 21.4. The highest BCUT2D eigenvalue weighted by Crippen LogP contribution is 2.39. The van der Waals surface area contributed by atoms with Gasteiger partial charge in [0.25, 0.3) is 0 Å². The van der Waals surface area contributed by atoms with Crippen molar-refractivity contribution in [1.29, 1.82) is 0 Å². The van der Waals surface area contributed by atoms with Gasteiger partial charge in [0, 0.05) is 155 Å². The molecule has 0 unspecified atom stereocenters. The highest BCUT2D eigenvalue weighted by molar-refractivity contribution is 6.01. The van der Waals surface area contributed by atoms with Crippen LogP contribution in [0.3, 0.4) is 0 Å². The first-order valence-corrected chi connectivity index (χ1v) is 44.0. The first-order valence-electron chi connectivity index (χ1n) is 44.0. The Morgan fingerprint density at radius 1 is 0.180 bits per heavy atom. The molecular formula is C118H111N10+5. The van der Waals surface area contributed by atoms with Crippen molar-refractivity contribution in [2.45, 2.75) is 90.0 Å². The summed E-state index contributed by atoms with van der Waals surface area (Å²) in [5.74, 6) is 0. The van der Waals surface area contributed by atoms with Crippen LogP contribution in [-0.4, -0.2) is 24.9 Å². The van der Waals surface area contributed by atoms with Gasteiger partial charge in [-0.2, -0.15) is 22.8 Å². The number of aryl methyl sites for hydroxylation is 12. The molecule has 20 rings (SSSR count). The van der Waals surface area contributed by atoms with Crippen molar-refractivity contribution >= 4 is 53.9 Å². The summed E-state index contributed by atoms with van der Waals surface area (Å²) in [5.41, 5.74) is 41.2. The molecule has 0 saturated heterocycles. The van der Waals surface area contributed by atoms with Gasteiger partial charge in [0.1, 0.15) is 35.2 Å². The molecule has 10 heterocycles. The molecular weight excluding hydrogens is 1560 g/mol. The highest BCUT2D eigenvalue weighted by Gasteiger charge is 2.27. The Morgan fingerprint density at radius 3 is 0.875 bits per heavy atom. The third-order valence-electron chi connectivity index (χ3n) is 25.6. The highest BCUT2D eigenvalue weighted by atomic mass is 15.0. The van der Waals surface area contributed by atoms with Crippen LogP contribution >= 0.6 is 0 Å². The molecule has 0 spiro atoms. The second kappa shape index (κ2) is 37.8. The van der Waals surface area contributed by atoms with Crippen LogP contribution in [0.15, 0.2) is 347 Å². The fourth-order valence-corrected chi connectivity index (χ4v) is 17.8. The molecule has 20 aromatic rings. The van der Waals surface area contributed by atoms with E-state index in [1.54, 1.807) is 0 Å². The van der Waals surface area contributed by atoms with E-state index in [2.05, 4.69) is 440 Å². The second-order valence-corrected chi connectivity index (χ2v) is 34.2. The van der Waals surface area contributed by atoms with Crippen molar-refractivity contribution in [3.8, 4) is 112 Å². The number of hydrogen-bond acceptors (Lipinski definition) is 5. The lowest BCUT2D eigenvalue weighted by Gasteiger charge is -2.13. The molecule has 10 heteroatoms. The standard InChI is InChI=1S/C25H25N2.C24H23N2.3C23H21N2/c1-16-11-17(2)19(4)24(12-16)25-23-9-8-20(21-7-6-10-26-15-21)14-22(23)13-18(3)27(25)5;1-16-7-8-17(2)23(12-16)24-22-10-9-19(20-6-5-11-25-15-20)14-21(22)13-18(3)26(24)4;1-16-7-4-5-9-21(16)23-22-11-10-18(19-8-6-12-24-15-19)14-20(22)13-17(2)25(23)3;1-16-15-24-12-11-21(16)23-22-10-9-19(18-7-5-4-6-8-18)14-20(22)13-17(2)25(23)3;1-16-11-12-24-15-22(16)23-21-10-9-19(18-7-5-4-6-8-18)14-20(21)13-17(2)25(23)3/h6-15H,1-5H3;5-15H,1-4H3;3*4-15H,1-3H3/q5*+1. The van der Waals surface area contributed by atoms with E-state index in [1.165, 1.54) is 222 Å². The van der Waals surface area contributed by atoms with Crippen molar-refractivity contribution in [3.63, 3.8) is 0 Å². The molecule has 0 bridgehead atoms. The third kappa shape index (κ3) is 18.2. The Hall–Kier alpha value is -15.0. The van der Waals surface area contributed by atoms with Crippen molar-refractivity contribution in [2.75, 3.05) is 0 Å². The zero-order valence-corrected chi connectivity index (χ0v) is 76.9. The molecule has 0 N–H and O–H groups in total. The van der Waals surface area contributed by atoms with E-state index >= 15 is 0 Å². The van der Waals surface area contributed by atoms with E-state index < -0.39 is 0 Å². The Balaban J connectivity index is 0.000000118. The Bertz CT molecular complexity index is 7140. The normalized spacial score (nSPS) is 11.0. The first kappa shape index (κ1) is 86.5. The summed E-state index contributed by atoms with van der Waals surface area (Å²) < 4.78 is 11.4. The Labute approximate surface area is 753 Å². The molecule has 628 valence electrons. The summed E-state index contributed by atoms with van der Waals surface area (Å²) >= 11 is 0. The minimum Gasteiger partial charge on any atom is -0.264 e. The molecule has 0 fully saturated rings. The summed E-state index contributed by atoms with van der Waals surface area (Å²) in [7, 11) is 10.7. The molecule has 0 saturated carbocycles. The molecule has 128 heavy (non-hydrogen) atoms. The van der Waals surface area contributed by atoms with Crippen LogP contribution in [0.4, 0.5) is 0 Å². The smallest absolute Gasteiger partial charge is 0.222 e. The van der Waals surface area contributed by atoms with Crippen LogP contribution < -0.4 is 22.8 Å². The van der Waals surface area contributed by atoms with E-state index in [4.69, 9.17) is 0 Å². The zero-order chi connectivity index (χ0) is 89.6. The second-order valence-electron chi connectivity index (χ2n) is 34.2. The zero-order valence-electron chi connectivity index (χ0n) is 76.9. The van der Waals surface area contributed by atoms with Gasteiger partial charge in [0.05, 0.1) is 43.6 Å². The maximum Gasteiger partial charge on any atom is 0.222 e. The van der Waals surface area contributed by atoms with Crippen LogP contribution in [0.1, 0.15) is 73.0 Å². The van der Waals surface area contributed by atoms with E-state index in [1.807, 2.05) is 80.2 Å². The van der Waals surface area contributed by atoms with E-state index in [0.29, 0.717) is 0 Å². The van der Waals surface area contributed by atoms with Gasteiger partial charge >= 0.3 is 0 Å². The molecule has 0 atom stereocenters. The fourth-order valence-electron chi connectivity index (χ4n) is 17.8. The summed E-state index contributed by atoms with van der Waals surface area (Å²) in [5, 5.41) is 12.7. The minimum absolute atomic E-state index is 1.15. The van der Waals surface area contributed by atoms with Crippen LogP contribution in [0.2, 0.25) is 0 Å². The minimum atomic E-state index is 1.15. The number of hydrogen-bond donors (Lipinski definition) is 0. The number of nitrogens with zero attached hydrogens (tertiary/aromatic N) is 10. The van der Waals surface area contributed by atoms with Gasteiger partial charge < -0.3 is 0 Å². The number of fused-ring (bicyclic) bond motifs is 5. The van der Waals surface area contributed by atoms with Crippen molar-refractivity contribution in [1.82, 2.24) is 24.9 Å². The van der Waals surface area contributed by atoms with Gasteiger partial charge in [-0.25, -0.2) is 0 Å². The Morgan fingerprint density at radius 2 is 0.492 bits per heavy atom. The van der Waals surface area contributed by atoms with E-state index in [0.717, 1.165) is 16.7 Å². The Kier molecular flexibility index (Phi) is 25.6. The average Bonchev–Trinajstić information content (AvgIpc) is 0.653. The third-order valence-corrected chi connectivity index (χ3v) is 25.6. The lowest BCUT2D eigenvalue weighted by molar-refractivity contribution is -0.665. The van der Waals surface area contributed by atoms with E-state index in [9.17, 15) is 0 Å². The SMILES string of the molecule is Cc1cc(C)c(C)c(-c2c3ccc(-c4cccnc4)cc3cc(C)[n+]2C)c1.Cc1ccc(C)c(-c2c3ccc(-c4cccnc4)cc3cc(C)[n+]2C)c1.Cc1ccccc1-c1c2ccc(-c3cccnc3)cc2cc(C)[n+]1C.Cc1ccncc1-c1c2ccc(-c3ccccc3)cc2cc(C)[n+]1C.Cc1cnccc1-c1c2ccc(-c3ccccc3)cc2cc(C)[n+]1C. The van der Waals surface area contributed by atoms with Gasteiger partial charge in [-0.15, -0.1) is 0 Å². The fraction of sp³-hybridized carbons (Fsp3) is 0.153. The molecule has 0 aliphatic carbocycles. The van der Waals surface area contributed by atoms with Gasteiger partial charge in [-0.3, -0.25) is 24.9 Å². The molecule has 0 aliphatic rings. The molecule has 0 amide bonds. The topological polar surface area (TPSA) is 83.8 Å². The number of aromatic nitrogens is 10. The van der Waals surface area contributed by atoms with E-state index in [-0.39, 0.29) is 0 Å². The van der Waals surface area contributed by atoms with Crippen LogP contribution in [-0.2, 0) is 35.2 Å². The number of rotatable bonds is 10. The number of benzene rings is 10. The van der Waals surface area contributed by atoms with Crippen molar-refractivity contribution in [2.24, 2.45) is 35.2 Å². The summed E-state index contributed by atoms with van der Waals surface area (Å²) in [6.45, 7) is 28.2. The van der Waals surface area contributed by atoms with Gasteiger partial charge in [0.15, 0.2) is 28.5 Å². The van der Waals surface area contributed by atoms with Crippen LogP contribution in [0.5, 0.6) is 0 Å². The van der Waals surface area contributed by atoms with Gasteiger partial charge in [-0.05, 0) is 264 Å². The van der Waals surface area contributed by atoms with Crippen LogP contribution in [0.25, 0.3) is 166 Å². The van der Waals surface area contributed by atoms with Gasteiger partial charge in [-0.1, -0.05) is 157 Å².